The topological polar surface area (TPSA) is 73.5 Å². The number of nitrogens with zero attached hydrogens (tertiary/aromatic N) is 6. The zero-order valence-corrected chi connectivity index (χ0v) is 16.3. The minimum atomic E-state index is 0.623. The van der Waals surface area contributed by atoms with Crippen LogP contribution in [0.1, 0.15) is 17.0 Å². The van der Waals surface area contributed by atoms with Gasteiger partial charge in [-0.25, -0.2) is 19.3 Å². The Kier molecular flexibility index (Phi) is 4.20. The molecule has 0 radical (unpaired) electrons. The Morgan fingerprint density at radius 3 is 2.62 bits per heavy atom. The number of aryl methyl sites for hydroxylation is 2. The van der Waals surface area contributed by atoms with Crippen molar-refractivity contribution in [3.8, 4) is 5.69 Å². The van der Waals surface area contributed by atoms with Crippen molar-refractivity contribution in [3.05, 3.63) is 58.2 Å². The summed E-state index contributed by atoms with van der Waals surface area (Å²) in [4.78, 5) is 8.69. The van der Waals surface area contributed by atoms with Gasteiger partial charge in [0.25, 0.3) is 0 Å². The number of hydrogen-bond acceptors (Lipinski definition) is 5. The van der Waals surface area contributed by atoms with Crippen LogP contribution in [0.4, 0.5) is 5.82 Å². The van der Waals surface area contributed by atoms with Gasteiger partial charge in [0.1, 0.15) is 16.7 Å². The van der Waals surface area contributed by atoms with Crippen molar-refractivity contribution in [2.75, 3.05) is 5.32 Å². The normalized spacial score (nSPS) is 11.2. The van der Waals surface area contributed by atoms with E-state index in [1.165, 1.54) is 0 Å². The van der Waals surface area contributed by atoms with Gasteiger partial charge in [0.15, 0.2) is 5.65 Å². The number of anilines is 1. The Morgan fingerprint density at radius 1 is 1.08 bits per heavy atom. The van der Waals surface area contributed by atoms with Crippen LogP contribution in [0.5, 0.6) is 0 Å². The van der Waals surface area contributed by atoms with Crippen LogP contribution in [-0.4, -0.2) is 29.5 Å². The maximum absolute atomic E-state index is 4.69. The van der Waals surface area contributed by atoms with E-state index in [2.05, 4.69) is 55.4 Å². The van der Waals surface area contributed by atoms with Gasteiger partial charge in [-0.2, -0.15) is 10.2 Å². The Morgan fingerprint density at radius 2 is 1.85 bits per heavy atom. The molecule has 7 nitrogen and oxygen atoms in total. The molecule has 0 aliphatic rings. The van der Waals surface area contributed by atoms with Crippen molar-refractivity contribution in [1.82, 2.24) is 29.5 Å². The lowest BCUT2D eigenvalue weighted by atomic mass is 10.2. The minimum Gasteiger partial charge on any atom is -0.365 e. The maximum atomic E-state index is 4.69. The van der Waals surface area contributed by atoms with Gasteiger partial charge in [0, 0.05) is 24.8 Å². The zero-order chi connectivity index (χ0) is 18.3. The van der Waals surface area contributed by atoms with Gasteiger partial charge in [0.2, 0.25) is 0 Å². The van der Waals surface area contributed by atoms with Gasteiger partial charge in [-0.1, -0.05) is 18.2 Å². The van der Waals surface area contributed by atoms with E-state index in [0.717, 1.165) is 44.1 Å². The fourth-order valence-corrected chi connectivity index (χ4v) is 3.70. The van der Waals surface area contributed by atoms with Gasteiger partial charge in [0.05, 0.1) is 16.8 Å². The van der Waals surface area contributed by atoms with Gasteiger partial charge in [-0.05, 0) is 41.9 Å². The third-order valence-electron chi connectivity index (χ3n) is 4.45. The highest BCUT2D eigenvalue weighted by Crippen LogP contribution is 2.27. The molecule has 0 atom stereocenters. The first-order valence-corrected chi connectivity index (χ1v) is 9.03. The van der Waals surface area contributed by atoms with E-state index < -0.39 is 0 Å². The number of benzene rings is 1. The van der Waals surface area contributed by atoms with E-state index in [-0.39, 0.29) is 0 Å². The van der Waals surface area contributed by atoms with Crippen LogP contribution in [0.15, 0.2) is 41.3 Å². The van der Waals surface area contributed by atoms with E-state index >= 15 is 0 Å². The number of hydrogen-bond donors (Lipinski definition) is 1. The molecule has 0 fully saturated rings. The lowest BCUT2D eigenvalue weighted by Gasteiger charge is -2.08. The summed E-state index contributed by atoms with van der Waals surface area (Å²) >= 11 is 3.49. The summed E-state index contributed by atoms with van der Waals surface area (Å²) in [5.74, 6) is 0.751. The third-order valence-corrected chi connectivity index (χ3v) is 5.01. The standard InChI is InChI=1S/C18H18BrN7/c1-11-14(12(2)26(23-11)13-7-5-4-6-8-13)9-20-17-15-16(19)24-25(3)18(15)22-10-21-17/h4-8,10H,9H2,1-3H3,(H,20,21,22). The molecule has 26 heavy (non-hydrogen) atoms. The molecule has 0 bridgehead atoms. The predicted octanol–water partition coefficient (Wildman–Crippen LogP) is 3.54. The Bertz CT molecular complexity index is 1080. The Labute approximate surface area is 159 Å². The summed E-state index contributed by atoms with van der Waals surface area (Å²) in [6, 6.07) is 10.1. The number of halogens is 1. The molecule has 8 heteroatoms. The Hall–Kier alpha value is -2.74. The number of para-hydroxylation sites is 1. The lowest BCUT2D eigenvalue weighted by molar-refractivity contribution is 0.777. The summed E-state index contributed by atoms with van der Waals surface area (Å²) in [6.45, 7) is 4.73. The van der Waals surface area contributed by atoms with Gasteiger partial charge >= 0.3 is 0 Å². The first kappa shape index (κ1) is 16.7. The molecule has 0 unspecified atom stereocenters. The third kappa shape index (κ3) is 2.76. The van der Waals surface area contributed by atoms with E-state index in [9.17, 15) is 0 Å². The summed E-state index contributed by atoms with van der Waals surface area (Å²) in [7, 11) is 1.86. The average Bonchev–Trinajstić information content (AvgIpc) is 3.10. The molecule has 0 saturated heterocycles. The summed E-state index contributed by atoms with van der Waals surface area (Å²) in [6.07, 6.45) is 1.55. The second-order valence-corrected chi connectivity index (χ2v) is 6.84. The second kappa shape index (κ2) is 6.53. The van der Waals surface area contributed by atoms with Crippen molar-refractivity contribution in [2.45, 2.75) is 20.4 Å². The smallest absolute Gasteiger partial charge is 0.164 e. The van der Waals surface area contributed by atoms with Gasteiger partial charge in [-0.3, -0.25) is 0 Å². The zero-order valence-electron chi connectivity index (χ0n) is 14.7. The van der Waals surface area contributed by atoms with Crippen LogP contribution in [-0.2, 0) is 13.6 Å². The molecule has 4 rings (SSSR count). The largest absolute Gasteiger partial charge is 0.365 e. The molecule has 3 aromatic heterocycles. The van der Waals surface area contributed by atoms with Crippen LogP contribution in [0.25, 0.3) is 16.7 Å². The fraction of sp³-hybridized carbons (Fsp3) is 0.222. The highest BCUT2D eigenvalue weighted by atomic mass is 79.9. The second-order valence-electron chi connectivity index (χ2n) is 6.09. The molecule has 1 N–H and O–H groups in total. The highest BCUT2D eigenvalue weighted by Gasteiger charge is 2.16. The number of aromatic nitrogens is 6. The molecular weight excluding hydrogens is 394 g/mol. The molecular formula is C18H18BrN7. The van der Waals surface area contributed by atoms with Crippen LogP contribution >= 0.6 is 15.9 Å². The number of fused-ring (bicyclic) bond motifs is 1. The van der Waals surface area contributed by atoms with E-state index in [4.69, 9.17) is 5.10 Å². The predicted molar refractivity (Wildman–Crippen MR) is 104 cm³/mol. The van der Waals surface area contributed by atoms with E-state index in [1.54, 1.807) is 11.0 Å². The number of rotatable bonds is 4. The minimum absolute atomic E-state index is 0.623. The highest BCUT2D eigenvalue weighted by molar-refractivity contribution is 9.10. The molecule has 0 aliphatic heterocycles. The number of nitrogens with one attached hydrogen (secondary N) is 1. The molecule has 0 amide bonds. The van der Waals surface area contributed by atoms with Crippen molar-refractivity contribution in [1.29, 1.82) is 0 Å². The van der Waals surface area contributed by atoms with Crippen LogP contribution < -0.4 is 5.32 Å². The summed E-state index contributed by atoms with van der Waals surface area (Å²) in [5.41, 5.74) is 5.09. The van der Waals surface area contributed by atoms with Crippen molar-refractivity contribution in [2.24, 2.45) is 7.05 Å². The van der Waals surface area contributed by atoms with Crippen molar-refractivity contribution < 1.29 is 0 Å². The molecule has 1 aromatic carbocycles. The molecule has 0 spiro atoms. The van der Waals surface area contributed by atoms with Crippen molar-refractivity contribution >= 4 is 32.8 Å². The summed E-state index contributed by atoms with van der Waals surface area (Å²) in [5, 5.41) is 13.3. The van der Waals surface area contributed by atoms with Gasteiger partial charge in [-0.15, -0.1) is 0 Å². The quantitative estimate of drug-likeness (QED) is 0.555. The molecule has 132 valence electrons. The van der Waals surface area contributed by atoms with Crippen LogP contribution in [0.3, 0.4) is 0 Å². The molecule has 0 saturated carbocycles. The maximum Gasteiger partial charge on any atom is 0.164 e. The van der Waals surface area contributed by atoms with E-state index in [1.807, 2.05) is 36.9 Å². The molecule has 4 aromatic rings. The lowest BCUT2D eigenvalue weighted by Crippen LogP contribution is -2.05. The Balaban J connectivity index is 1.67. The fourth-order valence-electron chi connectivity index (χ4n) is 3.10. The van der Waals surface area contributed by atoms with Crippen LogP contribution in [0.2, 0.25) is 0 Å². The monoisotopic (exact) mass is 411 g/mol. The first-order valence-electron chi connectivity index (χ1n) is 8.24. The summed E-state index contributed by atoms with van der Waals surface area (Å²) < 4.78 is 4.43. The molecule has 0 aliphatic carbocycles. The molecule has 3 heterocycles. The van der Waals surface area contributed by atoms with E-state index in [0.29, 0.717) is 6.54 Å². The first-order chi connectivity index (χ1) is 12.6. The van der Waals surface area contributed by atoms with Crippen molar-refractivity contribution in [3.63, 3.8) is 0 Å². The SMILES string of the molecule is Cc1nn(-c2ccccc2)c(C)c1CNc1ncnc2c1c(Br)nn2C. The average molecular weight is 412 g/mol. The van der Waals surface area contributed by atoms with Crippen LogP contribution in [0, 0.1) is 13.8 Å². The van der Waals surface area contributed by atoms with Gasteiger partial charge < -0.3 is 5.32 Å².